The Kier molecular flexibility index (Phi) is 6.28. The van der Waals surface area contributed by atoms with Crippen molar-refractivity contribution in [3.05, 3.63) is 0 Å². The van der Waals surface area contributed by atoms with E-state index in [9.17, 15) is 9.59 Å². The fourth-order valence-corrected chi connectivity index (χ4v) is 2.53. The summed E-state index contributed by atoms with van der Waals surface area (Å²) in [7, 11) is 1.62. The van der Waals surface area contributed by atoms with Gasteiger partial charge in [-0.3, -0.25) is 9.59 Å². The molecule has 1 rings (SSSR count). The van der Waals surface area contributed by atoms with Crippen LogP contribution in [0.25, 0.3) is 0 Å². The van der Waals surface area contributed by atoms with Crippen LogP contribution in [0.2, 0.25) is 0 Å². The molecule has 0 aromatic rings. The van der Waals surface area contributed by atoms with E-state index in [0.717, 1.165) is 12.8 Å². The van der Waals surface area contributed by atoms with Crippen molar-refractivity contribution in [1.82, 2.24) is 10.2 Å². The maximum atomic E-state index is 12.1. The van der Waals surface area contributed by atoms with E-state index in [2.05, 4.69) is 12.2 Å². The first-order valence-electron chi connectivity index (χ1n) is 7.08. The molecule has 1 heterocycles. The van der Waals surface area contributed by atoms with Crippen LogP contribution in [-0.4, -0.2) is 49.1 Å². The molecule has 0 bridgehead atoms. The van der Waals surface area contributed by atoms with Crippen LogP contribution in [0, 0.1) is 5.92 Å². The third-order valence-electron chi connectivity index (χ3n) is 3.58. The second-order valence-corrected chi connectivity index (χ2v) is 5.45. The number of nitrogens with one attached hydrogen (secondary N) is 1. The number of likely N-dealkylation sites (tertiary alicyclic amines) is 1. The first-order valence-corrected chi connectivity index (χ1v) is 7.08. The molecular weight excluding hydrogens is 244 g/mol. The summed E-state index contributed by atoms with van der Waals surface area (Å²) in [5.41, 5.74) is 0. The van der Waals surface area contributed by atoms with Crippen LogP contribution in [0.15, 0.2) is 0 Å². The zero-order valence-corrected chi connectivity index (χ0v) is 12.4. The molecule has 1 saturated heterocycles. The van der Waals surface area contributed by atoms with Gasteiger partial charge in [-0.2, -0.15) is 0 Å². The molecule has 3 atom stereocenters. The zero-order valence-electron chi connectivity index (χ0n) is 12.4. The largest absolute Gasteiger partial charge is 0.383 e. The van der Waals surface area contributed by atoms with Gasteiger partial charge < -0.3 is 15.0 Å². The molecule has 0 unspecified atom stereocenters. The summed E-state index contributed by atoms with van der Waals surface area (Å²) in [5.74, 6) is -0.166. The van der Waals surface area contributed by atoms with Gasteiger partial charge in [-0.15, -0.1) is 0 Å². The van der Waals surface area contributed by atoms with Crippen molar-refractivity contribution in [3.63, 3.8) is 0 Å². The summed E-state index contributed by atoms with van der Waals surface area (Å²) in [4.78, 5) is 25.7. The SMILES string of the molecule is CCC[C@@H](C)NC(=O)[C@H]1CC(=O)N([C@@H](C)COC)C1. The Hall–Kier alpha value is -1.10. The van der Waals surface area contributed by atoms with Gasteiger partial charge in [0, 0.05) is 26.1 Å². The molecule has 5 nitrogen and oxygen atoms in total. The molecule has 0 aromatic carbocycles. The van der Waals surface area contributed by atoms with Crippen LogP contribution < -0.4 is 5.32 Å². The molecule has 19 heavy (non-hydrogen) atoms. The van der Waals surface area contributed by atoms with Gasteiger partial charge in [0.15, 0.2) is 0 Å². The van der Waals surface area contributed by atoms with Gasteiger partial charge in [0.1, 0.15) is 0 Å². The summed E-state index contributed by atoms with van der Waals surface area (Å²) in [6.45, 7) is 7.06. The molecule has 2 amide bonds. The highest BCUT2D eigenvalue weighted by atomic mass is 16.5. The fourth-order valence-electron chi connectivity index (χ4n) is 2.53. The molecule has 0 radical (unpaired) electrons. The number of hydrogen-bond acceptors (Lipinski definition) is 3. The highest BCUT2D eigenvalue weighted by Crippen LogP contribution is 2.20. The summed E-state index contributed by atoms with van der Waals surface area (Å²) >= 11 is 0. The van der Waals surface area contributed by atoms with Gasteiger partial charge in [0.05, 0.1) is 18.6 Å². The van der Waals surface area contributed by atoms with Gasteiger partial charge in [-0.25, -0.2) is 0 Å². The predicted octanol–water partition coefficient (Wildman–Crippen LogP) is 1.17. The fraction of sp³-hybridized carbons (Fsp3) is 0.857. The second kappa shape index (κ2) is 7.48. The Morgan fingerprint density at radius 3 is 2.79 bits per heavy atom. The monoisotopic (exact) mass is 270 g/mol. The standard InChI is InChI=1S/C14H26N2O3/c1-5-6-10(2)15-14(18)12-7-13(17)16(8-12)11(3)9-19-4/h10-12H,5-9H2,1-4H3,(H,15,18)/t10-,11+,12+/m1/s1. The van der Waals surface area contributed by atoms with Crippen LogP contribution in [0.1, 0.15) is 40.0 Å². The minimum absolute atomic E-state index is 0.00131. The molecule has 0 aromatic heterocycles. The lowest BCUT2D eigenvalue weighted by Gasteiger charge is -2.24. The van der Waals surface area contributed by atoms with Crippen molar-refractivity contribution in [3.8, 4) is 0 Å². The molecule has 0 aliphatic carbocycles. The van der Waals surface area contributed by atoms with Crippen molar-refractivity contribution in [2.75, 3.05) is 20.3 Å². The van der Waals surface area contributed by atoms with Crippen molar-refractivity contribution in [2.45, 2.75) is 52.1 Å². The number of rotatable bonds is 7. The number of carbonyl (C=O) groups excluding carboxylic acids is 2. The maximum absolute atomic E-state index is 12.1. The van der Waals surface area contributed by atoms with Gasteiger partial charge in [-0.1, -0.05) is 13.3 Å². The highest BCUT2D eigenvalue weighted by Gasteiger charge is 2.36. The molecule has 110 valence electrons. The number of ether oxygens (including phenoxy) is 1. The second-order valence-electron chi connectivity index (χ2n) is 5.45. The van der Waals surface area contributed by atoms with Gasteiger partial charge in [0.25, 0.3) is 0 Å². The molecule has 0 saturated carbocycles. The topological polar surface area (TPSA) is 58.6 Å². The normalized spacial score (nSPS) is 22.4. The Balaban J connectivity index is 2.49. The van der Waals surface area contributed by atoms with Gasteiger partial charge >= 0.3 is 0 Å². The Morgan fingerprint density at radius 1 is 1.53 bits per heavy atom. The van der Waals surface area contributed by atoms with Gasteiger partial charge in [0.2, 0.25) is 11.8 Å². The maximum Gasteiger partial charge on any atom is 0.225 e. The van der Waals surface area contributed by atoms with E-state index in [0.29, 0.717) is 19.6 Å². The number of hydrogen-bond donors (Lipinski definition) is 1. The number of methoxy groups -OCH3 is 1. The molecule has 1 N–H and O–H groups in total. The number of carbonyl (C=O) groups is 2. The van der Waals surface area contributed by atoms with Crippen molar-refractivity contribution < 1.29 is 14.3 Å². The first kappa shape index (κ1) is 16.0. The molecule has 0 spiro atoms. The summed E-state index contributed by atoms with van der Waals surface area (Å²) in [6.07, 6.45) is 2.33. The first-order chi connectivity index (χ1) is 8.99. The summed E-state index contributed by atoms with van der Waals surface area (Å²) < 4.78 is 5.06. The number of amides is 2. The summed E-state index contributed by atoms with van der Waals surface area (Å²) in [6, 6.07) is 0.210. The Bertz CT molecular complexity index is 320. The zero-order chi connectivity index (χ0) is 14.4. The van der Waals surface area contributed by atoms with E-state index in [-0.39, 0.29) is 29.8 Å². The Labute approximate surface area is 115 Å². The van der Waals surface area contributed by atoms with Crippen molar-refractivity contribution >= 4 is 11.8 Å². The smallest absolute Gasteiger partial charge is 0.225 e. The van der Waals surface area contributed by atoms with E-state index in [1.54, 1.807) is 12.0 Å². The molecule has 5 heteroatoms. The van der Waals surface area contributed by atoms with Crippen LogP contribution in [-0.2, 0) is 14.3 Å². The van der Waals surface area contributed by atoms with Crippen molar-refractivity contribution in [1.29, 1.82) is 0 Å². The third kappa shape index (κ3) is 4.49. The average Bonchev–Trinajstić information content (AvgIpc) is 2.72. The van der Waals surface area contributed by atoms with Crippen LogP contribution in [0.3, 0.4) is 0 Å². The van der Waals surface area contributed by atoms with E-state index < -0.39 is 0 Å². The molecule has 1 fully saturated rings. The quantitative estimate of drug-likeness (QED) is 0.755. The van der Waals surface area contributed by atoms with Gasteiger partial charge in [-0.05, 0) is 20.3 Å². The van der Waals surface area contributed by atoms with E-state index in [4.69, 9.17) is 4.74 Å². The lowest BCUT2D eigenvalue weighted by Crippen LogP contribution is -2.40. The predicted molar refractivity (Wildman–Crippen MR) is 73.7 cm³/mol. The van der Waals surface area contributed by atoms with Crippen LogP contribution >= 0.6 is 0 Å². The van der Waals surface area contributed by atoms with Crippen LogP contribution in [0.4, 0.5) is 0 Å². The summed E-state index contributed by atoms with van der Waals surface area (Å²) in [5, 5.41) is 2.99. The minimum Gasteiger partial charge on any atom is -0.383 e. The van der Waals surface area contributed by atoms with Crippen molar-refractivity contribution in [2.24, 2.45) is 5.92 Å². The lowest BCUT2D eigenvalue weighted by molar-refractivity contribution is -0.130. The molecule has 1 aliphatic rings. The number of nitrogens with zero attached hydrogens (tertiary/aromatic N) is 1. The van der Waals surface area contributed by atoms with Crippen LogP contribution in [0.5, 0.6) is 0 Å². The molecular formula is C14H26N2O3. The molecule has 1 aliphatic heterocycles. The van der Waals surface area contributed by atoms with E-state index in [1.807, 2.05) is 13.8 Å². The van der Waals surface area contributed by atoms with E-state index >= 15 is 0 Å². The third-order valence-corrected chi connectivity index (χ3v) is 3.58. The Morgan fingerprint density at radius 2 is 2.21 bits per heavy atom. The average molecular weight is 270 g/mol. The highest BCUT2D eigenvalue weighted by molar-refractivity contribution is 5.89. The lowest BCUT2D eigenvalue weighted by atomic mass is 10.1. The van der Waals surface area contributed by atoms with E-state index in [1.165, 1.54) is 0 Å². The minimum atomic E-state index is -0.217.